The van der Waals surface area contributed by atoms with Gasteiger partial charge in [-0.1, -0.05) is 6.92 Å². The summed E-state index contributed by atoms with van der Waals surface area (Å²) in [5.74, 6) is 1.52. The standard InChI is InChI=1S/C16H24N2O3/c1-2-11-20-14-3-5-15(6-4-14)21-12-16(19)18-9-7-13(17)8-10-18/h3-6,13H,2,7-12,17H2,1H3. The van der Waals surface area contributed by atoms with E-state index in [1.807, 2.05) is 29.2 Å². The first kappa shape index (κ1) is 15.6. The van der Waals surface area contributed by atoms with E-state index in [4.69, 9.17) is 15.2 Å². The summed E-state index contributed by atoms with van der Waals surface area (Å²) in [7, 11) is 0. The van der Waals surface area contributed by atoms with Gasteiger partial charge in [-0.15, -0.1) is 0 Å². The van der Waals surface area contributed by atoms with Gasteiger partial charge >= 0.3 is 0 Å². The minimum Gasteiger partial charge on any atom is -0.494 e. The lowest BCUT2D eigenvalue weighted by Gasteiger charge is -2.30. The molecule has 2 rings (SSSR count). The van der Waals surface area contributed by atoms with Crippen LogP contribution in [-0.4, -0.2) is 43.2 Å². The zero-order valence-electron chi connectivity index (χ0n) is 12.6. The van der Waals surface area contributed by atoms with Crippen molar-refractivity contribution >= 4 is 5.91 Å². The maximum absolute atomic E-state index is 12.0. The first-order valence-corrected chi connectivity index (χ1v) is 7.58. The lowest BCUT2D eigenvalue weighted by atomic mass is 10.1. The Morgan fingerprint density at radius 2 is 1.76 bits per heavy atom. The van der Waals surface area contributed by atoms with Crippen LogP contribution in [0.5, 0.6) is 11.5 Å². The molecule has 1 heterocycles. The smallest absolute Gasteiger partial charge is 0.260 e. The average molecular weight is 292 g/mol. The van der Waals surface area contributed by atoms with E-state index < -0.39 is 0 Å². The van der Waals surface area contributed by atoms with Crippen molar-refractivity contribution in [2.75, 3.05) is 26.3 Å². The fourth-order valence-corrected chi connectivity index (χ4v) is 2.24. The van der Waals surface area contributed by atoms with Crippen molar-refractivity contribution < 1.29 is 14.3 Å². The van der Waals surface area contributed by atoms with Gasteiger partial charge < -0.3 is 20.1 Å². The van der Waals surface area contributed by atoms with Crippen molar-refractivity contribution in [3.63, 3.8) is 0 Å². The van der Waals surface area contributed by atoms with E-state index in [2.05, 4.69) is 6.92 Å². The zero-order chi connectivity index (χ0) is 15.1. The van der Waals surface area contributed by atoms with E-state index in [1.54, 1.807) is 0 Å². The molecule has 0 bridgehead atoms. The Balaban J connectivity index is 1.75. The predicted molar refractivity (Wildman–Crippen MR) is 81.5 cm³/mol. The van der Waals surface area contributed by atoms with Gasteiger partial charge in [-0.25, -0.2) is 0 Å². The number of amides is 1. The number of nitrogens with zero attached hydrogens (tertiary/aromatic N) is 1. The van der Waals surface area contributed by atoms with Gasteiger partial charge in [0, 0.05) is 19.1 Å². The highest BCUT2D eigenvalue weighted by Crippen LogP contribution is 2.18. The molecule has 1 aromatic rings. The summed E-state index contributed by atoms with van der Waals surface area (Å²) in [6.45, 7) is 4.30. The van der Waals surface area contributed by atoms with E-state index in [-0.39, 0.29) is 18.6 Å². The second-order valence-electron chi connectivity index (χ2n) is 5.33. The van der Waals surface area contributed by atoms with Gasteiger partial charge in [-0.3, -0.25) is 4.79 Å². The highest BCUT2D eigenvalue weighted by molar-refractivity contribution is 5.77. The number of hydrogen-bond donors (Lipinski definition) is 1. The van der Waals surface area contributed by atoms with Crippen LogP contribution in [-0.2, 0) is 4.79 Å². The number of ether oxygens (including phenoxy) is 2. The van der Waals surface area contributed by atoms with Gasteiger partial charge in [-0.2, -0.15) is 0 Å². The number of carbonyl (C=O) groups is 1. The molecule has 1 aliphatic rings. The SMILES string of the molecule is CCCOc1ccc(OCC(=O)N2CCC(N)CC2)cc1. The third-order valence-corrected chi connectivity index (χ3v) is 3.55. The molecular formula is C16H24N2O3. The zero-order valence-corrected chi connectivity index (χ0v) is 12.6. The van der Waals surface area contributed by atoms with Crippen molar-refractivity contribution in [1.82, 2.24) is 4.90 Å². The summed E-state index contributed by atoms with van der Waals surface area (Å²) in [6.07, 6.45) is 2.72. The summed E-state index contributed by atoms with van der Waals surface area (Å²) >= 11 is 0. The van der Waals surface area contributed by atoms with Crippen molar-refractivity contribution in [3.05, 3.63) is 24.3 Å². The van der Waals surface area contributed by atoms with Crippen LogP contribution in [0, 0.1) is 0 Å². The Bertz CT molecular complexity index is 439. The monoisotopic (exact) mass is 292 g/mol. The Labute approximate surface area is 126 Å². The topological polar surface area (TPSA) is 64.8 Å². The number of hydrogen-bond acceptors (Lipinski definition) is 4. The lowest BCUT2D eigenvalue weighted by Crippen LogP contribution is -2.44. The van der Waals surface area contributed by atoms with Crippen molar-refractivity contribution in [1.29, 1.82) is 0 Å². The summed E-state index contributed by atoms with van der Waals surface area (Å²) in [5.41, 5.74) is 5.83. The summed E-state index contributed by atoms with van der Waals surface area (Å²) in [4.78, 5) is 13.8. The highest BCUT2D eigenvalue weighted by Gasteiger charge is 2.20. The van der Waals surface area contributed by atoms with Crippen molar-refractivity contribution in [2.45, 2.75) is 32.2 Å². The van der Waals surface area contributed by atoms with Crippen molar-refractivity contribution in [2.24, 2.45) is 5.73 Å². The molecule has 0 spiro atoms. The third-order valence-electron chi connectivity index (χ3n) is 3.55. The minimum atomic E-state index is 0.0215. The second-order valence-corrected chi connectivity index (χ2v) is 5.33. The van der Waals surface area contributed by atoms with Crippen LogP contribution < -0.4 is 15.2 Å². The maximum Gasteiger partial charge on any atom is 0.260 e. The number of carbonyl (C=O) groups excluding carboxylic acids is 1. The fraction of sp³-hybridized carbons (Fsp3) is 0.562. The second kappa shape index (κ2) is 7.88. The van der Waals surface area contributed by atoms with E-state index >= 15 is 0 Å². The van der Waals surface area contributed by atoms with E-state index in [1.165, 1.54) is 0 Å². The Morgan fingerprint density at radius 3 is 2.33 bits per heavy atom. The summed E-state index contributed by atoms with van der Waals surface area (Å²) in [6, 6.07) is 7.59. The number of benzene rings is 1. The number of piperidine rings is 1. The number of rotatable bonds is 6. The highest BCUT2D eigenvalue weighted by atomic mass is 16.5. The van der Waals surface area contributed by atoms with E-state index in [0.717, 1.165) is 38.1 Å². The average Bonchev–Trinajstić information content (AvgIpc) is 2.52. The molecule has 5 nitrogen and oxygen atoms in total. The van der Waals surface area contributed by atoms with Crippen LogP contribution in [0.3, 0.4) is 0 Å². The molecule has 0 aliphatic carbocycles. The molecule has 0 atom stereocenters. The molecule has 1 fully saturated rings. The molecule has 1 saturated heterocycles. The Hall–Kier alpha value is -1.75. The molecule has 1 amide bonds. The van der Waals surface area contributed by atoms with Crippen molar-refractivity contribution in [3.8, 4) is 11.5 Å². The van der Waals surface area contributed by atoms with Crippen LogP contribution in [0.4, 0.5) is 0 Å². The lowest BCUT2D eigenvalue weighted by molar-refractivity contribution is -0.134. The molecular weight excluding hydrogens is 268 g/mol. The first-order chi connectivity index (χ1) is 10.2. The first-order valence-electron chi connectivity index (χ1n) is 7.58. The molecule has 0 saturated carbocycles. The number of nitrogens with two attached hydrogens (primary N) is 1. The van der Waals surface area contributed by atoms with Crippen LogP contribution in [0.1, 0.15) is 26.2 Å². The normalized spacial score (nSPS) is 15.8. The van der Waals surface area contributed by atoms with Gasteiger partial charge in [0.15, 0.2) is 6.61 Å². The van der Waals surface area contributed by atoms with Crippen LogP contribution in [0.2, 0.25) is 0 Å². The molecule has 5 heteroatoms. The molecule has 1 aliphatic heterocycles. The molecule has 21 heavy (non-hydrogen) atoms. The van der Waals surface area contributed by atoms with Crippen LogP contribution in [0.25, 0.3) is 0 Å². The Morgan fingerprint density at radius 1 is 1.19 bits per heavy atom. The van der Waals surface area contributed by atoms with Gasteiger partial charge in [0.25, 0.3) is 5.91 Å². The summed E-state index contributed by atoms with van der Waals surface area (Å²) < 4.78 is 11.0. The molecule has 2 N–H and O–H groups in total. The van der Waals surface area contributed by atoms with Gasteiger partial charge in [-0.05, 0) is 43.5 Å². The van der Waals surface area contributed by atoms with Gasteiger partial charge in [0.2, 0.25) is 0 Å². The molecule has 0 aromatic heterocycles. The van der Waals surface area contributed by atoms with Gasteiger partial charge in [0.05, 0.1) is 6.61 Å². The van der Waals surface area contributed by atoms with E-state index in [0.29, 0.717) is 12.4 Å². The molecule has 0 radical (unpaired) electrons. The minimum absolute atomic E-state index is 0.0215. The third kappa shape index (κ3) is 4.93. The largest absolute Gasteiger partial charge is 0.494 e. The van der Waals surface area contributed by atoms with Crippen LogP contribution in [0.15, 0.2) is 24.3 Å². The molecule has 116 valence electrons. The number of likely N-dealkylation sites (tertiary alicyclic amines) is 1. The predicted octanol–water partition coefficient (Wildman–Crippen LogP) is 1.80. The van der Waals surface area contributed by atoms with E-state index in [9.17, 15) is 4.79 Å². The molecule has 1 aromatic carbocycles. The molecule has 0 unspecified atom stereocenters. The quantitative estimate of drug-likeness (QED) is 0.868. The maximum atomic E-state index is 12.0. The van der Waals surface area contributed by atoms with Crippen LogP contribution >= 0.6 is 0 Å². The fourth-order valence-electron chi connectivity index (χ4n) is 2.24. The Kier molecular flexibility index (Phi) is 5.87. The summed E-state index contributed by atoms with van der Waals surface area (Å²) in [5, 5.41) is 0. The van der Waals surface area contributed by atoms with Gasteiger partial charge in [0.1, 0.15) is 11.5 Å².